The molecule has 2 aromatic rings. The molecule has 0 fully saturated rings. The van der Waals surface area contributed by atoms with Crippen LogP contribution in [0.4, 0.5) is 0 Å². The van der Waals surface area contributed by atoms with Gasteiger partial charge in [-0.1, -0.05) is 12.1 Å². The highest BCUT2D eigenvalue weighted by Crippen LogP contribution is 2.28. The van der Waals surface area contributed by atoms with E-state index in [1.54, 1.807) is 13.3 Å². The number of hydrogen-bond acceptors (Lipinski definition) is 3. The van der Waals surface area contributed by atoms with Crippen molar-refractivity contribution in [1.29, 1.82) is 0 Å². The number of aliphatic hydroxyl groups is 1. The Bertz CT molecular complexity index is 547. The Hall–Kier alpha value is -1.81. The van der Waals surface area contributed by atoms with Gasteiger partial charge in [0.05, 0.1) is 12.7 Å². The summed E-state index contributed by atoms with van der Waals surface area (Å²) in [7, 11) is 3.54. The van der Waals surface area contributed by atoms with E-state index >= 15 is 0 Å². The molecule has 1 N–H and O–H groups in total. The zero-order valence-electron chi connectivity index (χ0n) is 11.6. The zero-order chi connectivity index (χ0) is 13.9. The number of rotatable bonds is 5. The van der Waals surface area contributed by atoms with Gasteiger partial charge in [0.1, 0.15) is 5.75 Å². The number of aromatic nitrogens is 2. The Morgan fingerprint density at radius 3 is 2.79 bits per heavy atom. The Balaban J connectivity index is 2.11. The molecule has 0 aliphatic carbocycles. The van der Waals surface area contributed by atoms with Crippen LogP contribution in [0, 0.1) is 0 Å². The summed E-state index contributed by atoms with van der Waals surface area (Å²) in [5, 5.41) is 14.7. The Kier molecular flexibility index (Phi) is 3.90. The normalized spacial score (nSPS) is 14.1. The summed E-state index contributed by atoms with van der Waals surface area (Å²) < 4.78 is 7.03. The van der Waals surface area contributed by atoms with Crippen LogP contribution in [0.5, 0.6) is 5.75 Å². The maximum absolute atomic E-state index is 10.6. The van der Waals surface area contributed by atoms with E-state index in [1.807, 2.05) is 49.0 Å². The van der Waals surface area contributed by atoms with Crippen molar-refractivity contribution in [3.8, 4) is 5.75 Å². The number of methoxy groups -OCH3 is 1. The topological polar surface area (TPSA) is 47.3 Å². The minimum absolute atomic E-state index is 0.639. The van der Waals surface area contributed by atoms with Crippen molar-refractivity contribution in [3.63, 3.8) is 0 Å². The third-order valence-electron chi connectivity index (χ3n) is 3.48. The van der Waals surface area contributed by atoms with Crippen LogP contribution in [0.15, 0.2) is 36.5 Å². The third kappa shape index (κ3) is 3.15. The molecule has 0 saturated heterocycles. The van der Waals surface area contributed by atoms with Crippen molar-refractivity contribution >= 4 is 0 Å². The van der Waals surface area contributed by atoms with E-state index in [0.717, 1.165) is 23.4 Å². The lowest BCUT2D eigenvalue weighted by Crippen LogP contribution is -2.22. The predicted molar refractivity (Wildman–Crippen MR) is 74.1 cm³/mol. The Morgan fingerprint density at radius 2 is 2.16 bits per heavy atom. The Labute approximate surface area is 113 Å². The first-order chi connectivity index (χ1) is 9.03. The van der Waals surface area contributed by atoms with Gasteiger partial charge < -0.3 is 9.84 Å². The van der Waals surface area contributed by atoms with E-state index in [9.17, 15) is 5.11 Å². The smallest absolute Gasteiger partial charge is 0.119 e. The average Bonchev–Trinajstić information content (AvgIpc) is 2.82. The maximum atomic E-state index is 10.6. The standard InChI is InChI=1S/C15H20N2O2/c1-15(18,9-7-13-8-10-16-17(13)2)12-5-4-6-14(11-12)19-3/h4-6,8,10-11,18H,7,9H2,1-3H3. The SMILES string of the molecule is COc1cccc(C(C)(O)CCc2ccnn2C)c1. The lowest BCUT2D eigenvalue weighted by Gasteiger charge is -2.24. The highest BCUT2D eigenvalue weighted by molar-refractivity contribution is 5.32. The molecule has 0 spiro atoms. The lowest BCUT2D eigenvalue weighted by molar-refractivity contribution is 0.0473. The molecule has 0 radical (unpaired) electrons. The molecule has 0 aliphatic heterocycles. The summed E-state index contributed by atoms with van der Waals surface area (Å²) in [5.74, 6) is 0.762. The van der Waals surface area contributed by atoms with Crippen LogP contribution in [-0.2, 0) is 19.1 Å². The fraction of sp³-hybridized carbons (Fsp3) is 0.400. The van der Waals surface area contributed by atoms with Crippen molar-refractivity contribution in [3.05, 3.63) is 47.8 Å². The van der Waals surface area contributed by atoms with Crippen molar-refractivity contribution in [2.75, 3.05) is 7.11 Å². The van der Waals surface area contributed by atoms with Gasteiger partial charge in [-0.05, 0) is 43.5 Å². The van der Waals surface area contributed by atoms with Crippen LogP contribution in [0.25, 0.3) is 0 Å². The molecule has 4 heteroatoms. The zero-order valence-corrected chi connectivity index (χ0v) is 11.6. The van der Waals surface area contributed by atoms with Gasteiger partial charge in [0.2, 0.25) is 0 Å². The van der Waals surface area contributed by atoms with E-state index in [1.165, 1.54) is 0 Å². The molecule has 1 aromatic carbocycles. The number of hydrogen-bond donors (Lipinski definition) is 1. The van der Waals surface area contributed by atoms with Crippen molar-refractivity contribution in [1.82, 2.24) is 9.78 Å². The molecular formula is C15H20N2O2. The largest absolute Gasteiger partial charge is 0.497 e. The van der Waals surface area contributed by atoms with E-state index in [-0.39, 0.29) is 0 Å². The van der Waals surface area contributed by atoms with Gasteiger partial charge in [0.25, 0.3) is 0 Å². The quantitative estimate of drug-likeness (QED) is 0.897. The fourth-order valence-electron chi connectivity index (χ4n) is 2.12. The van der Waals surface area contributed by atoms with Crippen LogP contribution in [-0.4, -0.2) is 22.0 Å². The summed E-state index contributed by atoms with van der Waals surface area (Å²) in [6.45, 7) is 1.83. The minimum atomic E-state index is -0.876. The van der Waals surface area contributed by atoms with Crippen LogP contribution in [0.1, 0.15) is 24.6 Å². The Morgan fingerprint density at radius 1 is 1.37 bits per heavy atom. The van der Waals surface area contributed by atoms with Gasteiger partial charge >= 0.3 is 0 Å². The highest BCUT2D eigenvalue weighted by atomic mass is 16.5. The van der Waals surface area contributed by atoms with Crippen molar-refractivity contribution in [2.45, 2.75) is 25.4 Å². The minimum Gasteiger partial charge on any atom is -0.497 e. The summed E-state index contributed by atoms with van der Waals surface area (Å²) in [6.07, 6.45) is 3.19. The summed E-state index contributed by atoms with van der Waals surface area (Å²) in [4.78, 5) is 0. The first-order valence-corrected chi connectivity index (χ1v) is 6.37. The van der Waals surface area contributed by atoms with Gasteiger partial charge in [-0.3, -0.25) is 4.68 Å². The number of ether oxygens (including phenoxy) is 1. The molecule has 1 heterocycles. The summed E-state index contributed by atoms with van der Waals surface area (Å²) in [6, 6.07) is 9.55. The van der Waals surface area contributed by atoms with Crippen molar-refractivity contribution < 1.29 is 9.84 Å². The summed E-state index contributed by atoms with van der Waals surface area (Å²) >= 11 is 0. The molecule has 0 bridgehead atoms. The fourth-order valence-corrected chi connectivity index (χ4v) is 2.12. The van der Waals surface area contributed by atoms with E-state index < -0.39 is 5.60 Å². The van der Waals surface area contributed by atoms with Gasteiger partial charge in [0.15, 0.2) is 0 Å². The maximum Gasteiger partial charge on any atom is 0.119 e. The van der Waals surface area contributed by atoms with Gasteiger partial charge in [-0.15, -0.1) is 0 Å². The average molecular weight is 260 g/mol. The van der Waals surface area contributed by atoms with E-state index in [4.69, 9.17) is 4.74 Å². The second-order valence-electron chi connectivity index (χ2n) is 4.95. The summed E-state index contributed by atoms with van der Waals surface area (Å²) in [5.41, 5.74) is 1.11. The first kappa shape index (κ1) is 13.6. The van der Waals surface area contributed by atoms with Crippen molar-refractivity contribution in [2.24, 2.45) is 7.05 Å². The molecule has 2 rings (SSSR count). The van der Waals surface area contributed by atoms with Gasteiger partial charge in [-0.25, -0.2) is 0 Å². The molecule has 0 amide bonds. The second-order valence-corrected chi connectivity index (χ2v) is 4.95. The molecule has 1 aromatic heterocycles. The molecule has 0 aliphatic rings. The number of aryl methyl sites for hydroxylation is 2. The van der Waals surface area contributed by atoms with Crippen LogP contribution in [0.2, 0.25) is 0 Å². The second kappa shape index (κ2) is 5.45. The molecule has 1 atom stereocenters. The third-order valence-corrected chi connectivity index (χ3v) is 3.48. The van der Waals surface area contributed by atoms with Crippen LogP contribution in [0.3, 0.4) is 0 Å². The monoisotopic (exact) mass is 260 g/mol. The van der Waals surface area contributed by atoms with Gasteiger partial charge in [0, 0.05) is 18.9 Å². The molecular weight excluding hydrogens is 240 g/mol. The number of nitrogens with zero attached hydrogens (tertiary/aromatic N) is 2. The lowest BCUT2D eigenvalue weighted by atomic mass is 9.90. The molecule has 1 unspecified atom stereocenters. The highest BCUT2D eigenvalue weighted by Gasteiger charge is 2.23. The van der Waals surface area contributed by atoms with Crippen LogP contribution < -0.4 is 4.74 Å². The molecule has 0 saturated carbocycles. The first-order valence-electron chi connectivity index (χ1n) is 6.37. The number of benzene rings is 1. The van der Waals surface area contributed by atoms with E-state index in [0.29, 0.717) is 6.42 Å². The van der Waals surface area contributed by atoms with Crippen LogP contribution >= 0.6 is 0 Å². The molecule has 19 heavy (non-hydrogen) atoms. The molecule has 4 nitrogen and oxygen atoms in total. The predicted octanol–water partition coefficient (Wildman–Crippen LogP) is 2.27. The van der Waals surface area contributed by atoms with Gasteiger partial charge in [-0.2, -0.15) is 5.10 Å². The van der Waals surface area contributed by atoms with E-state index in [2.05, 4.69) is 5.10 Å². The molecule has 102 valence electrons.